The molecule has 0 spiro atoms. The van der Waals surface area contributed by atoms with Gasteiger partial charge in [-0.15, -0.1) is 0 Å². The average molecular weight is 268 g/mol. The van der Waals surface area contributed by atoms with Gasteiger partial charge in [-0.25, -0.2) is 0 Å². The number of carboxylic acids is 1. The molecule has 0 aromatic carbocycles. The lowest BCUT2D eigenvalue weighted by atomic mass is 9.82. The molecule has 6 nitrogen and oxygen atoms in total. The fourth-order valence-electron chi connectivity index (χ4n) is 2.05. The molecule has 0 saturated carbocycles. The third-order valence-electron chi connectivity index (χ3n) is 2.96. The maximum Gasteiger partial charge on any atom is 0.307 e. The monoisotopic (exact) mass is 268 g/mol. The van der Waals surface area contributed by atoms with Crippen molar-refractivity contribution in [2.24, 2.45) is 11.8 Å². The van der Waals surface area contributed by atoms with Crippen LogP contribution in [0.2, 0.25) is 0 Å². The highest BCUT2D eigenvalue weighted by Gasteiger charge is 2.33. The number of hydrogen-bond acceptors (Lipinski definition) is 3. The Morgan fingerprint density at radius 1 is 1.21 bits per heavy atom. The predicted molar refractivity (Wildman–Crippen MR) is 69.3 cm³/mol. The van der Waals surface area contributed by atoms with E-state index in [1.165, 1.54) is 0 Å². The summed E-state index contributed by atoms with van der Waals surface area (Å²) in [7, 11) is 0. The van der Waals surface area contributed by atoms with Crippen LogP contribution in [-0.2, 0) is 14.4 Å². The Hall–Kier alpha value is -1.85. The Kier molecular flexibility index (Phi) is 5.54. The number of carbonyl (C=O) groups excluding carboxylic acids is 2. The second kappa shape index (κ2) is 6.92. The summed E-state index contributed by atoms with van der Waals surface area (Å²) in [6.45, 7) is 3.53. The van der Waals surface area contributed by atoms with Gasteiger partial charge < -0.3 is 15.7 Å². The van der Waals surface area contributed by atoms with Crippen molar-refractivity contribution < 1.29 is 19.5 Å². The Morgan fingerprint density at radius 3 is 2.32 bits per heavy atom. The minimum atomic E-state index is -0.976. The highest BCUT2D eigenvalue weighted by molar-refractivity contribution is 5.88. The van der Waals surface area contributed by atoms with Gasteiger partial charge in [-0.1, -0.05) is 12.2 Å². The quantitative estimate of drug-likeness (QED) is 0.625. The molecule has 0 aromatic heterocycles. The SMILES string of the molecule is CC(C)NC(=O)CNC(=O)C1CC=CCC1C(=O)O. The van der Waals surface area contributed by atoms with Crippen molar-refractivity contribution in [3.05, 3.63) is 12.2 Å². The Morgan fingerprint density at radius 2 is 1.79 bits per heavy atom. The lowest BCUT2D eigenvalue weighted by Gasteiger charge is -2.24. The van der Waals surface area contributed by atoms with E-state index >= 15 is 0 Å². The maximum atomic E-state index is 11.9. The van der Waals surface area contributed by atoms with Gasteiger partial charge in [0.05, 0.1) is 18.4 Å². The second-order valence-corrected chi connectivity index (χ2v) is 4.93. The topological polar surface area (TPSA) is 95.5 Å². The number of carboxylic acid groups (broad SMARTS) is 1. The van der Waals surface area contributed by atoms with Crippen molar-refractivity contribution >= 4 is 17.8 Å². The summed E-state index contributed by atoms with van der Waals surface area (Å²) in [5, 5.41) is 14.2. The van der Waals surface area contributed by atoms with E-state index in [0.717, 1.165) is 0 Å². The highest BCUT2D eigenvalue weighted by Crippen LogP contribution is 2.25. The molecule has 106 valence electrons. The van der Waals surface area contributed by atoms with Crippen molar-refractivity contribution in [2.45, 2.75) is 32.7 Å². The van der Waals surface area contributed by atoms with E-state index in [0.29, 0.717) is 12.8 Å². The van der Waals surface area contributed by atoms with Crippen LogP contribution in [0.1, 0.15) is 26.7 Å². The van der Waals surface area contributed by atoms with Gasteiger partial charge in [0, 0.05) is 6.04 Å². The molecular formula is C13H20N2O4. The molecule has 1 rings (SSSR count). The molecule has 2 atom stereocenters. The summed E-state index contributed by atoms with van der Waals surface area (Å²) in [4.78, 5) is 34.4. The number of carbonyl (C=O) groups is 3. The largest absolute Gasteiger partial charge is 0.481 e. The lowest BCUT2D eigenvalue weighted by Crippen LogP contribution is -2.44. The fourth-order valence-corrected chi connectivity index (χ4v) is 2.05. The molecule has 2 amide bonds. The van der Waals surface area contributed by atoms with Gasteiger partial charge in [-0.05, 0) is 26.7 Å². The molecular weight excluding hydrogens is 248 g/mol. The molecule has 0 bridgehead atoms. The summed E-state index contributed by atoms with van der Waals surface area (Å²) in [5.74, 6) is -2.94. The van der Waals surface area contributed by atoms with Crippen LogP contribution in [-0.4, -0.2) is 35.5 Å². The van der Waals surface area contributed by atoms with E-state index in [4.69, 9.17) is 5.11 Å². The van der Waals surface area contributed by atoms with Crippen molar-refractivity contribution in [3.63, 3.8) is 0 Å². The average Bonchev–Trinajstić information content (AvgIpc) is 2.35. The molecule has 1 aliphatic carbocycles. The van der Waals surface area contributed by atoms with Gasteiger partial charge in [-0.2, -0.15) is 0 Å². The number of aliphatic carboxylic acids is 1. The first-order valence-electron chi connectivity index (χ1n) is 6.36. The number of rotatable bonds is 5. The van der Waals surface area contributed by atoms with Gasteiger partial charge >= 0.3 is 5.97 Å². The minimum absolute atomic E-state index is 0.00813. The zero-order valence-electron chi connectivity index (χ0n) is 11.2. The summed E-state index contributed by atoms with van der Waals surface area (Å²) in [5.41, 5.74) is 0. The first-order valence-corrected chi connectivity index (χ1v) is 6.36. The van der Waals surface area contributed by atoms with Crippen LogP contribution in [0.5, 0.6) is 0 Å². The first-order chi connectivity index (χ1) is 8.91. The number of amides is 2. The summed E-state index contributed by atoms with van der Waals surface area (Å²) < 4.78 is 0. The van der Waals surface area contributed by atoms with Crippen molar-refractivity contribution in [3.8, 4) is 0 Å². The summed E-state index contributed by atoms with van der Waals surface area (Å²) in [6, 6.07) is 0.00813. The minimum Gasteiger partial charge on any atom is -0.481 e. The number of nitrogens with one attached hydrogen (secondary N) is 2. The zero-order valence-corrected chi connectivity index (χ0v) is 11.2. The normalized spacial score (nSPS) is 22.1. The van der Waals surface area contributed by atoms with E-state index in [1.807, 2.05) is 13.8 Å². The van der Waals surface area contributed by atoms with Crippen LogP contribution in [0, 0.1) is 11.8 Å². The van der Waals surface area contributed by atoms with E-state index in [-0.39, 0.29) is 24.4 Å². The smallest absolute Gasteiger partial charge is 0.307 e. The highest BCUT2D eigenvalue weighted by atomic mass is 16.4. The van der Waals surface area contributed by atoms with Crippen molar-refractivity contribution in [2.75, 3.05) is 6.54 Å². The molecule has 0 radical (unpaired) electrons. The third-order valence-corrected chi connectivity index (χ3v) is 2.96. The van der Waals surface area contributed by atoms with E-state index in [2.05, 4.69) is 10.6 Å². The van der Waals surface area contributed by atoms with Gasteiger partial charge in [0.2, 0.25) is 11.8 Å². The van der Waals surface area contributed by atoms with E-state index < -0.39 is 17.8 Å². The first kappa shape index (κ1) is 15.2. The fraction of sp³-hybridized carbons (Fsp3) is 0.615. The van der Waals surface area contributed by atoms with Crippen LogP contribution >= 0.6 is 0 Å². The summed E-state index contributed by atoms with van der Waals surface area (Å²) >= 11 is 0. The second-order valence-electron chi connectivity index (χ2n) is 4.93. The van der Waals surface area contributed by atoms with Crippen LogP contribution in [0.25, 0.3) is 0 Å². The van der Waals surface area contributed by atoms with Gasteiger partial charge in [-0.3, -0.25) is 14.4 Å². The number of allylic oxidation sites excluding steroid dienone is 2. The van der Waals surface area contributed by atoms with Crippen molar-refractivity contribution in [1.29, 1.82) is 0 Å². The van der Waals surface area contributed by atoms with E-state index in [9.17, 15) is 14.4 Å². The lowest BCUT2D eigenvalue weighted by molar-refractivity contribution is -0.147. The maximum absolute atomic E-state index is 11.9. The predicted octanol–water partition coefficient (Wildman–Crippen LogP) is 0.294. The molecule has 0 heterocycles. The molecule has 1 aliphatic rings. The van der Waals surface area contributed by atoms with Crippen LogP contribution in [0.3, 0.4) is 0 Å². The molecule has 2 unspecified atom stereocenters. The molecule has 0 aliphatic heterocycles. The zero-order chi connectivity index (χ0) is 14.4. The van der Waals surface area contributed by atoms with Crippen LogP contribution < -0.4 is 10.6 Å². The number of hydrogen-bond donors (Lipinski definition) is 3. The standard InChI is InChI=1S/C13H20N2O4/c1-8(2)15-11(16)7-14-12(17)9-5-3-4-6-10(9)13(18)19/h3-4,8-10H,5-7H2,1-2H3,(H,14,17)(H,15,16)(H,18,19). The van der Waals surface area contributed by atoms with Crippen LogP contribution in [0.15, 0.2) is 12.2 Å². The van der Waals surface area contributed by atoms with Gasteiger partial charge in [0.1, 0.15) is 0 Å². The molecule has 3 N–H and O–H groups in total. The Labute approximate surface area is 112 Å². The van der Waals surface area contributed by atoms with Crippen molar-refractivity contribution in [1.82, 2.24) is 10.6 Å². The van der Waals surface area contributed by atoms with Gasteiger partial charge in [0.15, 0.2) is 0 Å². The molecule has 0 aromatic rings. The van der Waals surface area contributed by atoms with Gasteiger partial charge in [0.25, 0.3) is 0 Å². The Balaban J connectivity index is 2.50. The molecule has 0 saturated heterocycles. The molecule has 19 heavy (non-hydrogen) atoms. The Bertz CT molecular complexity index is 390. The molecule has 0 fully saturated rings. The third kappa shape index (κ3) is 4.73. The van der Waals surface area contributed by atoms with Crippen LogP contribution in [0.4, 0.5) is 0 Å². The molecule has 6 heteroatoms. The summed E-state index contributed by atoms with van der Waals surface area (Å²) in [6.07, 6.45) is 4.33. The van der Waals surface area contributed by atoms with E-state index in [1.54, 1.807) is 12.2 Å².